The normalized spacial score (nSPS) is 9.95. The highest BCUT2D eigenvalue weighted by molar-refractivity contribution is 5.64. The number of aromatic hydroxyl groups is 1. The summed E-state index contributed by atoms with van der Waals surface area (Å²) in [6, 6.07) is 9.23. The summed E-state index contributed by atoms with van der Waals surface area (Å²) in [7, 11) is 0. The zero-order valence-corrected chi connectivity index (χ0v) is 10.8. The molecule has 0 fully saturated rings. The lowest BCUT2D eigenvalue weighted by atomic mass is 10.1. The molecule has 0 amide bonds. The maximum absolute atomic E-state index is 9.45. The van der Waals surface area contributed by atoms with Crippen molar-refractivity contribution in [3.05, 3.63) is 41.6 Å². The van der Waals surface area contributed by atoms with Gasteiger partial charge < -0.3 is 9.84 Å². The van der Waals surface area contributed by atoms with E-state index < -0.39 is 0 Å². The Labute approximate surface area is 111 Å². The Balaban J connectivity index is 2.43. The minimum absolute atomic E-state index is 0.103. The van der Waals surface area contributed by atoms with E-state index in [9.17, 15) is 5.11 Å². The number of nitrogens with zero attached hydrogens (tertiary/aromatic N) is 2. The maximum Gasteiger partial charge on any atom is 0.151 e. The van der Waals surface area contributed by atoms with Gasteiger partial charge in [0.25, 0.3) is 0 Å². The van der Waals surface area contributed by atoms with E-state index in [0.717, 1.165) is 16.9 Å². The van der Waals surface area contributed by atoms with E-state index >= 15 is 0 Å². The summed E-state index contributed by atoms with van der Waals surface area (Å²) in [6.45, 7) is 4.52. The molecular formula is C15H14N2O2. The number of aryl methyl sites for hydroxylation is 1. The van der Waals surface area contributed by atoms with Crippen LogP contribution in [-0.4, -0.2) is 16.7 Å². The van der Waals surface area contributed by atoms with E-state index in [4.69, 9.17) is 10.00 Å². The quantitative estimate of drug-likeness (QED) is 0.914. The van der Waals surface area contributed by atoms with Gasteiger partial charge in [-0.15, -0.1) is 0 Å². The molecular weight excluding hydrogens is 240 g/mol. The van der Waals surface area contributed by atoms with Crippen LogP contribution in [0.4, 0.5) is 0 Å². The van der Waals surface area contributed by atoms with Gasteiger partial charge in [0.1, 0.15) is 11.8 Å². The Morgan fingerprint density at radius 3 is 2.79 bits per heavy atom. The van der Waals surface area contributed by atoms with Crippen molar-refractivity contribution >= 4 is 0 Å². The number of aromatic nitrogens is 1. The van der Waals surface area contributed by atoms with Gasteiger partial charge in [-0.1, -0.05) is 0 Å². The molecule has 0 spiro atoms. The van der Waals surface area contributed by atoms with Crippen LogP contribution in [0, 0.1) is 18.3 Å². The molecule has 0 saturated heterocycles. The molecule has 96 valence electrons. The first-order valence-electron chi connectivity index (χ1n) is 5.98. The van der Waals surface area contributed by atoms with Gasteiger partial charge >= 0.3 is 0 Å². The van der Waals surface area contributed by atoms with Gasteiger partial charge in [0.2, 0.25) is 0 Å². The number of hydrogen-bond acceptors (Lipinski definition) is 4. The largest absolute Gasteiger partial charge is 0.505 e. The van der Waals surface area contributed by atoms with Crippen LogP contribution in [-0.2, 0) is 0 Å². The third-order valence-corrected chi connectivity index (χ3v) is 2.77. The van der Waals surface area contributed by atoms with Gasteiger partial charge in [0.15, 0.2) is 5.75 Å². The second-order valence-corrected chi connectivity index (χ2v) is 4.11. The fourth-order valence-corrected chi connectivity index (χ4v) is 1.82. The van der Waals surface area contributed by atoms with Crippen LogP contribution in [0.1, 0.15) is 18.1 Å². The monoisotopic (exact) mass is 254 g/mol. The second kappa shape index (κ2) is 5.40. The number of rotatable bonds is 3. The van der Waals surface area contributed by atoms with Crippen LogP contribution < -0.4 is 4.74 Å². The van der Waals surface area contributed by atoms with Crippen molar-refractivity contribution in [2.24, 2.45) is 0 Å². The van der Waals surface area contributed by atoms with Crippen molar-refractivity contribution in [3.8, 4) is 28.8 Å². The van der Waals surface area contributed by atoms with Crippen molar-refractivity contribution < 1.29 is 9.84 Å². The Kier molecular flexibility index (Phi) is 3.67. The molecule has 0 aliphatic heterocycles. The molecule has 0 bridgehead atoms. The first kappa shape index (κ1) is 12.9. The molecule has 0 aliphatic carbocycles. The summed E-state index contributed by atoms with van der Waals surface area (Å²) < 4.78 is 5.48. The van der Waals surface area contributed by atoms with Gasteiger partial charge in [-0.25, -0.2) is 0 Å². The van der Waals surface area contributed by atoms with Crippen LogP contribution in [0.3, 0.4) is 0 Å². The average Bonchev–Trinajstić information content (AvgIpc) is 2.42. The first-order valence-corrected chi connectivity index (χ1v) is 5.98. The Bertz CT molecular complexity index is 645. The molecule has 0 radical (unpaired) electrons. The van der Waals surface area contributed by atoms with Crippen LogP contribution >= 0.6 is 0 Å². The average molecular weight is 254 g/mol. The lowest BCUT2D eigenvalue weighted by Gasteiger charge is -2.09. The minimum atomic E-state index is -0.103. The van der Waals surface area contributed by atoms with Crippen molar-refractivity contribution in [2.45, 2.75) is 13.8 Å². The number of hydrogen-bond donors (Lipinski definition) is 1. The summed E-state index contributed by atoms with van der Waals surface area (Å²) in [4.78, 5) is 4.13. The summed E-state index contributed by atoms with van der Waals surface area (Å²) >= 11 is 0. The molecule has 2 rings (SSSR count). The van der Waals surface area contributed by atoms with Crippen molar-refractivity contribution in [1.82, 2.24) is 4.98 Å². The van der Waals surface area contributed by atoms with Crippen molar-refractivity contribution in [1.29, 1.82) is 5.26 Å². The Hall–Kier alpha value is -2.54. The highest BCUT2D eigenvalue weighted by atomic mass is 16.5. The molecule has 1 heterocycles. The van der Waals surface area contributed by atoms with Crippen molar-refractivity contribution in [2.75, 3.05) is 6.61 Å². The molecule has 0 aliphatic rings. The van der Waals surface area contributed by atoms with E-state index in [1.165, 1.54) is 6.20 Å². The predicted molar refractivity (Wildman–Crippen MR) is 72.0 cm³/mol. The highest BCUT2D eigenvalue weighted by Crippen LogP contribution is 2.27. The number of pyridine rings is 1. The Morgan fingerprint density at radius 2 is 2.16 bits per heavy atom. The van der Waals surface area contributed by atoms with Crippen molar-refractivity contribution in [3.63, 3.8) is 0 Å². The van der Waals surface area contributed by atoms with E-state index in [2.05, 4.69) is 4.98 Å². The topological polar surface area (TPSA) is 66.1 Å². The van der Waals surface area contributed by atoms with Gasteiger partial charge in [0, 0.05) is 5.56 Å². The zero-order valence-electron chi connectivity index (χ0n) is 10.8. The SMILES string of the molecule is CCOc1ccc(-c2cc(C#N)c(O)cn2)cc1C. The smallest absolute Gasteiger partial charge is 0.151 e. The third-order valence-electron chi connectivity index (χ3n) is 2.77. The summed E-state index contributed by atoms with van der Waals surface area (Å²) in [5.41, 5.74) is 2.77. The Morgan fingerprint density at radius 1 is 1.37 bits per heavy atom. The van der Waals surface area contributed by atoms with Gasteiger partial charge in [-0.2, -0.15) is 5.26 Å². The fourth-order valence-electron chi connectivity index (χ4n) is 1.82. The van der Waals surface area contributed by atoms with Gasteiger partial charge in [-0.3, -0.25) is 4.98 Å². The molecule has 4 heteroatoms. The molecule has 0 saturated carbocycles. The molecule has 4 nitrogen and oxygen atoms in total. The molecule has 1 aromatic heterocycles. The highest BCUT2D eigenvalue weighted by Gasteiger charge is 2.07. The maximum atomic E-state index is 9.45. The fraction of sp³-hybridized carbons (Fsp3) is 0.200. The standard InChI is InChI=1S/C15H14N2O2/c1-3-19-15-5-4-11(6-10(15)2)13-7-12(8-16)14(18)9-17-13/h4-7,9,18H,3H2,1-2H3. The van der Waals surface area contributed by atoms with Crippen LogP contribution in [0.2, 0.25) is 0 Å². The molecule has 1 aromatic carbocycles. The van der Waals surface area contributed by atoms with Crippen LogP contribution in [0.25, 0.3) is 11.3 Å². The lowest BCUT2D eigenvalue weighted by Crippen LogP contribution is -1.94. The van der Waals surface area contributed by atoms with E-state index in [1.807, 2.05) is 38.1 Å². The third kappa shape index (κ3) is 2.66. The lowest BCUT2D eigenvalue weighted by molar-refractivity contribution is 0.338. The molecule has 0 atom stereocenters. The van der Waals surface area contributed by atoms with Crippen LogP contribution in [0.5, 0.6) is 11.5 Å². The van der Waals surface area contributed by atoms with Gasteiger partial charge in [-0.05, 0) is 43.7 Å². The van der Waals surface area contributed by atoms with Gasteiger partial charge in [0.05, 0.1) is 24.1 Å². The van der Waals surface area contributed by atoms with E-state index in [0.29, 0.717) is 12.3 Å². The second-order valence-electron chi connectivity index (χ2n) is 4.11. The number of benzene rings is 1. The first-order chi connectivity index (χ1) is 9.15. The molecule has 1 N–H and O–H groups in total. The molecule has 19 heavy (non-hydrogen) atoms. The van der Waals surface area contributed by atoms with E-state index in [1.54, 1.807) is 6.07 Å². The van der Waals surface area contributed by atoms with Crippen LogP contribution in [0.15, 0.2) is 30.5 Å². The zero-order chi connectivity index (χ0) is 13.8. The summed E-state index contributed by atoms with van der Waals surface area (Å²) in [5, 5.41) is 18.3. The minimum Gasteiger partial charge on any atom is -0.505 e. The molecule has 2 aromatic rings. The summed E-state index contributed by atoms with van der Waals surface area (Å²) in [5.74, 6) is 0.736. The predicted octanol–water partition coefficient (Wildman–Crippen LogP) is 3.03. The summed E-state index contributed by atoms with van der Waals surface area (Å²) in [6.07, 6.45) is 1.29. The van der Waals surface area contributed by atoms with E-state index in [-0.39, 0.29) is 11.3 Å². The number of ether oxygens (including phenoxy) is 1. The molecule has 0 unspecified atom stereocenters. The number of nitriles is 1.